The SMILES string of the molecule is CC(=O)N1[C@H](C(=O)OCc2cccc(C)c2)CS[C@H]1c1ccco1. The van der Waals surface area contributed by atoms with Crippen molar-refractivity contribution in [1.29, 1.82) is 0 Å². The van der Waals surface area contributed by atoms with E-state index in [1.165, 1.54) is 18.7 Å². The standard InChI is InChI=1S/C18H19NO4S/c1-12-5-3-6-14(9-12)10-23-18(21)15-11-24-17(19(15)13(2)20)16-7-4-8-22-16/h3-9,15,17H,10-11H2,1-2H3/t15-,17-/m0/s1. The molecule has 1 aromatic carbocycles. The fraction of sp³-hybridized carbons (Fsp3) is 0.333. The fourth-order valence-electron chi connectivity index (χ4n) is 2.78. The molecule has 1 aliphatic heterocycles. The summed E-state index contributed by atoms with van der Waals surface area (Å²) in [6.07, 6.45) is 1.57. The Labute approximate surface area is 145 Å². The molecule has 2 aromatic rings. The molecule has 1 aliphatic rings. The van der Waals surface area contributed by atoms with Gasteiger partial charge < -0.3 is 14.1 Å². The van der Waals surface area contributed by atoms with Crippen LogP contribution in [0.25, 0.3) is 0 Å². The summed E-state index contributed by atoms with van der Waals surface area (Å²) >= 11 is 1.51. The first-order chi connectivity index (χ1) is 11.6. The molecule has 5 nitrogen and oxygen atoms in total. The number of benzene rings is 1. The van der Waals surface area contributed by atoms with Crippen molar-refractivity contribution in [3.05, 3.63) is 59.5 Å². The molecule has 2 atom stereocenters. The highest BCUT2D eigenvalue weighted by Gasteiger charge is 2.43. The smallest absolute Gasteiger partial charge is 0.330 e. The molecule has 0 aliphatic carbocycles. The fourth-order valence-corrected chi connectivity index (χ4v) is 4.19. The maximum atomic E-state index is 12.5. The van der Waals surface area contributed by atoms with Gasteiger partial charge >= 0.3 is 5.97 Å². The number of hydrogen-bond acceptors (Lipinski definition) is 5. The van der Waals surface area contributed by atoms with Crippen LogP contribution >= 0.6 is 11.8 Å². The Morgan fingerprint density at radius 2 is 2.17 bits per heavy atom. The van der Waals surface area contributed by atoms with E-state index in [0.717, 1.165) is 11.1 Å². The van der Waals surface area contributed by atoms with Gasteiger partial charge in [-0.25, -0.2) is 4.79 Å². The Morgan fingerprint density at radius 3 is 2.83 bits per heavy atom. The van der Waals surface area contributed by atoms with E-state index in [4.69, 9.17) is 9.15 Å². The molecule has 0 radical (unpaired) electrons. The molecule has 24 heavy (non-hydrogen) atoms. The van der Waals surface area contributed by atoms with Crippen LogP contribution in [0.1, 0.15) is 29.2 Å². The van der Waals surface area contributed by atoms with Crippen LogP contribution in [0.2, 0.25) is 0 Å². The van der Waals surface area contributed by atoms with E-state index in [-0.39, 0.29) is 23.9 Å². The van der Waals surface area contributed by atoms with Crippen LogP contribution in [-0.4, -0.2) is 28.6 Å². The second kappa shape index (κ2) is 7.13. The van der Waals surface area contributed by atoms with Crippen molar-refractivity contribution in [3.8, 4) is 0 Å². The lowest BCUT2D eigenvalue weighted by Crippen LogP contribution is -2.42. The van der Waals surface area contributed by atoms with Gasteiger partial charge in [0.25, 0.3) is 0 Å². The van der Waals surface area contributed by atoms with Crippen molar-refractivity contribution in [2.75, 3.05) is 5.75 Å². The number of nitrogens with zero attached hydrogens (tertiary/aromatic N) is 1. The lowest BCUT2D eigenvalue weighted by molar-refractivity contribution is -0.154. The number of hydrogen-bond donors (Lipinski definition) is 0. The third-order valence-electron chi connectivity index (χ3n) is 3.89. The van der Waals surface area contributed by atoms with Crippen LogP contribution in [-0.2, 0) is 20.9 Å². The van der Waals surface area contributed by atoms with E-state index in [9.17, 15) is 9.59 Å². The number of thioether (sulfide) groups is 1. The number of ether oxygens (including phenoxy) is 1. The van der Waals surface area contributed by atoms with E-state index in [1.54, 1.807) is 17.2 Å². The molecule has 1 amide bonds. The first-order valence-electron chi connectivity index (χ1n) is 7.72. The van der Waals surface area contributed by atoms with Gasteiger partial charge in [0, 0.05) is 12.7 Å². The molecular formula is C18H19NO4S. The Kier molecular flexibility index (Phi) is 4.94. The summed E-state index contributed by atoms with van der Waals surface area (Å²) < 4.78 is 10.8. The van der Waals surface area contributed by atoms with E-state index in [1.807, 2.05) is 37.3 Å². The van der Waals surface area contributed by atoms with Crippen molar-refractivity contribution in [3.63, 3.8) is 0 Å². The van der Waals surface area contributed by atoms with E-state index >= 15 is 0 Å². The van der Waals surface area contributed by atoms with Gasteiger partial charge in [0.05, 0.1) is 6.26 Å². The van der Waals surface area contributed by atoms with Crippen LogP contribution in [0.5, 0.6) is 0 Å². The average Bonchev–Trinajstić information content (AvgIpc) is 3.21. The zero-order valence-electron chi connectivity index (χ0n) is 13.6. The lowest BCUT2D eigenvalue weighted by atomic mass is 10.1. The highest BCUT2D eigenvalue weighted by atomic mass is 32.2. The van der Waals surface area contributed by atoms with Gasteiger partial charge in [-0.1, -0.05) is 29.8 Å². The summed E-state index contributed by atoms with van der Waals surface area (Å²) in [5.41, 5.74) is 2.05. The normalized spacial score (nSPS) is 20.2. The minimum atomic E-state index is -0.590. The molecule has 6 heteroatoms. The number of furan rings is 1. The molecule has 0 bridgehead atoms. The Morgan fingerprint density at radius 1 is 1.33 bits per heavy atom. The van der Waals surface area contributed by atoms with Crippen molar-refractivity contribution in [1.82, 2.24) is 4.90 Å². The van der Waals surface area contributed by atoms with Crippen molar-refractivity contribution < 1.29 is 18.7 Å². The third kappa shape index (κ3) is 3.48. The summed E-state index contributed by atoms with van der Waals surface area (Å²) in [6, 6.07) is 10.8. The number of amides is 1. The van der Waals surface area contributed by atoms with E-state index in [2.05, 4.69) is 0 Å². The van der Waals surface area contributed by atoms with Crippen LogP contribution in [0.15, 0.2) is 47.1 Å². The molecule has 0 unspecified atom stereocenters. The predicted octanol–water partition coefficient (Wildman–Crippen LogP) is 3.29. The summed E-state index contributed by atoms with van der Waals surface area (Å²) in [7, 11) is 0. The van der Waals surface area contributed by atoms with Gasteiger partial charge in [0.2, 0.25) is 5.91 Å². The van der Waals surface area contributed by atoms with Gasteiger partial charge in [-0.2, -0.15) is 0 Å². The second-order valence-corrected chi connectivity index (χ2v) is 6.85. The predicted molar refractivity (Wildman–Crippen MR) is 91.2 cm³/mol. The third-order valence-corrected chi connectivity index (χ3v) is 5.17. The van der Waals surface area contributed by atoms with E-state index in [0.29, 0.717) is 11.5 Å². The maximum absolute atomic E-state index is 12.5. The minimum Gasteiger partial charge on any atom is -0.466 e. The number of carbonyl (C=O) groups is 2. The lowest BCUT2D eigenvalue weighted by Gasteiger charge is -2.25. The number of esters is 1. The number of rotatable bonds is 4. The summed E-state index contributed by atoms with van der Waals surface area (Å²) in [4.78, 5) is 26.1. The van der Waals surface area contributed by atoms with Crippen LogP contribution in [0, 0.1) is 6.92 Å². The van der Waals surface area contributed by atoms with Crippen LogP contribution in [0.3, 0.4) is 0 Å². The van der Waals surface area contributed by atoms with Crippen LogP contribution < -0.4 is 0 Å². The maximum Gasteiger partial charge on any atom is 0.330 e. The van der Waals surface area contributed by atoms with Gasteiger partial charge in [-0.15, -0.1) is 11.8 Å². The summed E-state index contributed by atoms with van der Waals surface area (Å²) in [5.74, 6) is 0.619. The average molecular weight is 345 g/mol. The summed E-state index contributed by atoms with van der Waals surface area (Å²) in [5, 5.41) is -0.283. The summed E-state index contributed by atoms with van der Waals surface area (Å²) in [6.45, 7) is 3.66. The zero-order valence-corrected chi connectivity index (χ0v) is 14.4. The topological polar surface area (TPSA) is 59.8 Å². The zero-order chi connectivity index (χ0) is 17.1. The Bertz CT molecular complexity index is 728. The highest BCUT2D eigenvalue weighted by molar-refractivity contribution is 7.99. The Balaban J connectivity index is 1.68. The number of aryl methyl sites for hydroxylation is 1. The van der Waals surface area contributed by atoms with Gasteiger partial charge in [0.1, 0.15) is 23.8 Å². The monoisotopic (exact) mass is 345 g/mol. The molecule has 1 aromatic heterocycles. The molecule has 126 valence electrons. The van der Waals surface area contributed by atoms with Crippen molar-refractivity contribution in [2.24, 2.45) is 0 Å². The Hall–Kier alpha value is -2.21. The molecule has 0 saturated carbocycles. The van der Waals surface area contributed by atoms with Crippen molar-refractivity contribution >= 4 is 23.6 Å². The van der Waals surface area contributed by atoms with Crippen molar-refractivity contribution in [2.45, 2.75) is 31.9 Å². The quantitative estimate of drug-likeness (QED) is 0.796. The van der Waals surface area contributed by atoms with Crippen LogP contribution in [0.4, 0.5) is 0 Å². The molecule has 1 fully saturated rings. The largest absolute Gasteiger partial charge is 0.466 e. The first kappa shape index (κ1) is 16.6. The molecular weight excluding hydrogens is 326 g/mol. The van der Waals surface area contributed by atoms with Gasteiger partial charge in [-0.3, -0.25) is 4.79 Å². The minimum absolute atomic E-state index is 0.168. The molecule has 3 rings (SSSR count). The first-order valence-corrected chi connectivity index (χ1v) is 8.77. The molecule has 1 saturated heterocycles. The second-order valence-electron chi connectivity index (χ2n) is 5.74. The number of carbonyl (C=O) groups excluding carboxylic acids is 2. The highest BCUT2D eigenvalue weighted by Crippen LogP contribution is 2.41. The molecule has 2 heterocycles. The van der Waals surface area contributed by atoms with Gasteiger partial charge in [-0.05, 0) is 24.6 Å². The molecule has 0 N–H and O–H groups in total. The molecule has 0 spiro atoms. The van der Waals surface area contributed by atoms with E-state index < -0.39 is 6.04 Å². The van der Waals surface area contributed by atoms with Gasteiger partial charge in [0.15, 0.2) is 0 Å².